The SMILES string of the molecule is CN(Cc1ccoc1)C(=O)c1ccc(C#CCN)c(F)c1. The summed E-state index contributed by atoms with van der Waals surface area (Å²) in [6.45, 7) is 0.555. The molecule has 0 aliphatic rings. The van der Waals surface area contributed by atoms with Gasteiger partial charge in [0.1, 0.15) is 5.82 Å². The molecule has 0 atom stereocenters. The fourth-order valence-electron chi connectivity index (χ4n) is 1.84. The van der Waals surface area contributed by atoms with Gasteiger partial charge in [-0.3, -0.25) is 4.79 Å². The van der Waals surface area contributed by atoms with Crippen molar-refractivity contribution in [1.82, 2.24) is 4.90 Å². The number of carbonyl (C=O) groups excluding carboxylic acids is 1. The first-order valence-electron chi connectivity index (χ1n) is 6.37. The van der Waals surface area contributed by atoms with Gasteiger partial charge in [-0.1, -0.05) is 11.8 Å². The molecule has 21 heavy (non-hydrogen) atoms. The topological polar surface area (TPSA) is 59.5 Å². The first-order valence-corrected chi connectivity index (χ1v) is 6.37. The van der Waals surface area contributed by atoms with Crippen LogP contribution in [0.25, 0.3) is 0 Å². The van der Waals surface area contributed by atoms with Gasteiger partial charge in [-0.15, -0.1) is 0 Å². The van der Waals surface area contributed by atoms with Crippen LogP contribution in [0.3, 0.4) is 0 Å². The van der Waals surface area contributed by atoms with Gasteiger partial charge in [0, 0.05) is 24.7 Å². The Hall–Kier alpha value is -2.58. The number of nitrogens with two attached hydrogens (primary N) is 1. The van der Waals surface area contributed by atoms with Gasteiger partial charge in [-0.05, 0) is 24.3 Å². The number of hydrogen-bond acceptors (Lipinski definition) is 3. The number of carbonyl (C=O) groups is 1. The Morgan fingerprint density at radius 3 is 2.86 bits per heavy atom. The van der Waals surface area contributed by atoms with Crippen molar-refractivity contribution in [3.05, 3.63) is 59.3 Å². The average molecular weight is 286 g/mol. The number of hydrogen-bond donors (Lipinski definition) is 1. The molecule has 2 aromatic rings. The number of benzene rings is 1. The van der Waals surface area contributed by atoms with Crippen LogP contribution in [0, 0.1) is 17.7 Å². The maximum Gasteiger partial charge on any atom is 0.254 e. The highest BCUT2D eigenvalue weighted by Crippen LogP contribution is 2.13. The summed E-state index contributed by atoms with van der Waals surface area (Å²) in [6.07, 6.45) is 3.11. The second kappa shape index (κ2) is 6.73. The van der Waals surface area contributed by atoms with Crippen LogP contribution in [-0.2, 0) is 6.54 Å². The summed E-state index contributed by atoms with van der Waals surface area (Å²) in [7, 11) is 1.65. The summed E-state index contributed by atoms with van der Waals surface area (Å²) in [6, 6.07) is 6.00. The second-order valence-corrected chi connectivity index (χ2v) is 4.49. The van der Waals surface area contributed by atoms with Gasteiger partial charge in [0.25, 0.3) is 5.91 Å². The van der Waals surface area contributed by atoms with Crippen LogP contribution in [0.2, 0.25) is 0 Å². The highest BCUT2D eigenvalue weighted by atomic mass is 19.1. The largest absolute Gasteiger partial charge is 0.472 e. The Bertz CT molecular complexity index is 684. The third-order valence-electron chi connectivity index (χ3n) is 2.89. The molecule has 0 radical (unpaired) electrons. The van der Waals surface area contributed by atoms with E-state index in [9.17, 15) is 9.18 Å². The number of furan rings is 1. The minimum absolute atomic E-state index is 0.160. The van der Waals surface area contributed by atoms with E-state index >= 15 is 0 Å². The van der Waals surface area contributed by atoms with E-state index < -0.39 is 5.82 Å². The fraction of sp³-hybridized carbons (Fsp3) is 0.188. The smallest absolute Gasteiger partial charge is 0.254 e. The van der Waals surface area contributed by atoms with Gasteiger partial charge < -0.3 is 15.1 Å². The van der Waals surface area contributed by atoms with Crippen LogP contribution in [0.15, 0.2) is 41.2 Å². The van der Waals surface area contributed by atoms with E-state index in [2.05, 4.69) is 11.8 Å². The van der Waals surface area contributed by atoms with Crippen LogP contribution in [0.1, 0.15) is 21.5 Å². The van der Waals surface area contributed by atoms with Gasteiger partial charge in [0.2, 0.25) is 0 Å². The number of nitrogens with zero attached hydrogens (tertiary/aromatic N) is 1. The van der Waals surface area contributed by atoms with E-state index in [0.717, 1.165) is 5.56 Å². The maximum absolute atomic E-state index is 13.8. The lowest BCUT2D eigenvalue weighted by Crippen LogP contribution is -2.26. The van der Waals surface area contributed by atoms with E-state index in [1.807, 2.05) is 0 Å². The van der Waals surface area contributed by atoms with Crippen molar-refractivity contribution < 1.29 is 13.6 Å². The summed E-state index contributed by atoms with van der Waals surface area (Å²) in [5, 5.41) is 0. The number of amides is 1. The van der Waals surface area contributed by atoms with E-state index in [-0.39, 0.29) is 23.6 Å². The minimum Gasteiger partial charge on any atom is -0.472 e. The summed E-state index contributed by atoms with van der Waals surface area (Å²) in [5.41, 5.74) is 6.62. The van der Waals surface area contributed by atoms with Gasteiger partial charge in [-0.25, -0.2) is 4.39 Å². The van der Waals surface area contributed by atoms with Crippen LogP contribution in [0.4, 0.5) is 4.39 Å². The Morgan fingerprint density at radius 1 is 1.43 bits per heavy atom. The molecule has 0 saturated heterocycles. The normalized spacial score (nSPS) is 9.86. The Kier molecular flexibility index (Phi) is 4.75. The zero-order valence-corrected chi connectivity index (χ0v) is 11.6. The highest BCUT2D eigenvalue weighted by molar-refractivity contribution is 5.94. The van der Waals surface area contributed by atoms with Crippen molar-refractivity contribution in [2.24, 2.45) is 5.73 Å². The molecule has 1 aromatic heterocycles. The van der Waals surface area contributed by atoms with Crippen LogP contribution < -0.4 is 5.73 Å². The van der Waals surface area contributed by atoms with Crippen LogP contribution >= 0.6 is 0 Å². The van der Waals surface area contributed by atoms with Crippen molar-refractivity contribution in [1.29, 1.82) is 0 Å². The van der Waals surface area contributed by atoms with Gasteiger partial charge in [-0.2, -0.15) is 0 Å². The van der Waals surface area contributed by atoms with E-state index in [1.54, 1.807) is 25.4 Å². The molecule has 0 bridgehead atoms. The number of rotatable bonds is 3. The third-order valence-corrected chi connectivity index (χ3v) is 2.89. The van der Waals surface area contributed by atoms with Gasteiger partial charge in [0.15, 0.2) is 0 Å². The standard InChI is InChI=1S/C16H15FN2O2/c1-19(10-12-6-8-21-11-12)16(20)14-5-4-13(3-2-7-18)15(17)9-14/h4-6,8-9,11H,7,10,18H2,1H3. The van der Waals surface area contributed by atoms with E-state index in [0.29, 0.717) is 6.54 Å². The monoisotopic (exact) mass is 286 g/mol. The molecular weight excluding hydrogens is 271 g/mol. The first kappa shape index (κ1) is 14.8. The molecular formula is C16H15FN2O2. The Balaban J connectivity index is 2.14. The van der Waals surface area contributed by atoms with E-state index in [4.69, 9.17) is 10.2 Å². The highest BCUT2D eigenvalue weighted by Gasteiger charge is 2.14. The molecule has 1 aromatic carbocycles. The summed E-state index contributed by atoms with van der Waals surface area (Å²) in [5.74, 6) is 4.40. The van der Waals surface area contributed by atoms with Crippen molar-refractivity contribution in [2.75, 3.05) is 13.6 Å². The molecule has 0 aliphatic carbocycles. The summed E-state index contributed by atoms with van der Waals surface area (Å²) in [4.78, 5) is 13.7. The average Bonchev–Trinajstić information content (AvgIpc) is 2.98. The Morgan fingerprint density at radius 2 is 2.24 bits per heavy atom. The first-order chi connectivity index (χ1) is 10.1. The lowest BCUT2D eigenvalue weighted by atomic mass is 10.1. The molecule has 1 heterocycles. The molecule has 2 rings (SSSR count). The second-order valence-electron chi connectivity index (χ2n) is 4.49. The van der Waals surface area contributed by atoms with Crippen LogP contribution in [0.5, 0.6) is 0 Å². The predicted molar refractivity (Wildman–Crippen MR) is 76.8 cm³/mol. The number of halogens is 1. The molecule has 4 nitrogen and oxygen atoms in total. The van der Waals surface area contributed by atoms with Crippen molar-refractivity contribution in [3.8, 4) is 11.8 Å². The lowest BCUT2D eigenvalue weighted by molar-refractivity contribution is 0.0784. The molecule has 1 amide bonds. The van der Waals surface area contributed by atoms with Crippen molar-refractivity contribution in [2.45, 2.75) is 6.54 Å². The molecule has 0 fully saturated rings. The molecule has 0 spiro atoms. The van der Waals surface area contributed by atoms with Crippen molar-refractivity contribution in [3.63, 3.8) is 0 Å². The van der Waals surface area contributed by atoms with E-state index in [1.165, 1.54) is 23.3 Å². The van der Waals surface area contributed by atoms with Crippen LogP contribution in [-0.4, -0.2) is 24.4 Å². The molecule has 0 unspecified atom stereocenters. The lowest BCUT2D eigenvalue weighted by Gasteiger charge is -2.16. The van der Waals surface area contributed by atoms with Gasteiger partial charge >= 0.3 is 0 Å². The third kappa shape index (κ3) is 3.71. The molecule has 2 N–H and O–H groups in total. The maximum atomic E-state index is 13.8. The molecule has 0 saturated carbocycles. The quantitative estimate of drug-likeness (QED) is 0.878. The molecule has 5 heteroatoms. The molecule has 108 valence electrons. The summed E-state index contributed by atoms with van der Waals surface area (Å²) >= 11 is 0. The Labute approximate surface area is 122 Å². The fourth-order valence-corrected chi connectivity index (χ4v) is 1.84. The predicted octanol–water partition coefficient (Wildman–Crippen LogP) is 2.00. The van der Waals surface area contributed by atoms with Gasteiger partial charge in [0.05, 0.1) is 24.6 Å². The zero-order chi connectivity index (χ0) is 15.2. The van der Waals surface area contributed by atoms with Crippen molar-refractivity contribution >= 4 is 5.91 Å². The zero-order valence-electron chi connectivity index (χ0n) is 11.6. The summed E-state index contributed by atoms with van der Waals surface area (Å²) < 4.78 is 18.8. The minimum atomic E-state index is -0.529. The molecule has 0 aliphatic heterocycles.